The van der Waals surface area contributed by atoms with Crippen molar-refractivity contribution in [2.45, 2.75) is 19.4 Å². The van der Waals surface area contributed by atoms with E-state index in [0.29, 0.717) is 6.54 Å². The summed E-state index contributed by atoms with van der Waals surface area (Å²) in [7, 11) is 3.50. The minimum Gasteiger partial charge on any atom is -0.347 e. The second-order valence-electron chi connectivity index (χ2n) is 4.81. The molecular formula is C13H21ClN4O. The first-order chi connectivity index (χ1) is 8.65. The van der Waals surface area contributed by atoms with Gasteiger partial charge in [0.2, 0.25) is 5.91 Å². The van der Waals surface area contributed by atoms with E-state index in [1.807, 2.05) is 12.3 Å². The fourth-order valence-electron chi connectivity index (χ4n) is 1.93. The van der Waals surface area contributed by atoms with Gasteiger partial charge in [0.1, 0.15) is 6.54 Å². The second kappa shape index (κ2) is 7.31. The summed E-state index contributed by atoms with van der Waals surface area (Å²) in [6.45, 7) is 2.35. The first-order valence-corrected chi connectivity index (χ1v) is 6.29. The fraction of sp³-hybridized carbons (Fsp3) is 0.538. The van der Waals surface area contributed by atoms with Crippen molar-refractivity contribution in [1.82, 2.24) is 20.0 Å². The number of amides is 1. The summed E-state index contributed by atoms with van der Waals surface area (Å²) < 4.78 is 1.69. The van der Waals surface area contributed by atoms with Crippen LogP contribution in [0.15, 0.2) is 17.8 Å². The van der Waals surface area contributed by atoms with E-state index in [1.54, 1.807) is 23.7 Å². The predicted octanol–water partition coefficient (Wildman–Crippen LogP) is 1.16. The molecule has 1 aromatic rings. The van der Waals surface area contributed by atoms with Gasteiger partial charge in [0.05, 0.1) is 5.69 Å². The van der Waals surface area contributed by atoms with Crippen molar-refractivity contribution >= 4 is 24.4 Å². The van der Waals surface area contributed by atoms with Crippen molar-refractivity contribution < 1.29 is 4.79 Å². The first-order valence-electron chi connectivity index (χ1n) is 6.29. The Morgan fingerprint density at radius 2 is 2.37 bits per heavy atom. The highest BCUT2D eigenvalue weighted by Gasteiger charge is 2.08. The molecule has 1 N–H and O–H groups in total. The van der Waals surface area contributed by atoms with Gasteiger partial charge in [-0.05, 0) is 31.5 Å². The van der Waals surface area contributed by atoms with E-state index in [2.05, 4.69) is 16.5 Å². The third kappa shape index (κ3) is 4.69. The maximum Gasteiger partial charge on any atom is 0.243 e. The number of hydrogen-bond donors (Lipinski definition) is 1. The molecule has 1 saturated heterocycles. The number of rotatable bonds is 3. The Labute approximate surface area is 120 Å². The Balaban J connectivity index is 0.00000180. The molecule has 0 saturated carbocycles. The molecule has 2 heterocycles. The number of aromatic nitrogens is 2. The molecule has 19 heavy (non-hydrogen) atoms. The lowest BCUT2D eigenvalue weighted by Gasteiger charge is -2.14. The Morgan fingerprint density at radius 3 is 3.00 bits per heavy atom. The molecule has 1 aromatic heterocycles. The van der Waals surface area contributed by atoms with Gasteiger partial charge in [-0.2, -0.15) is 5.10 Å². The summed E-state index contributed by atoms with van der Waals surface area (Å²) in [5, 5.41) is 7.74. The Kier molecular flexibility index (Phi) is 6.05. The van der Waals surface area contributed by atoms with Crippen LogP contribution in [0.3, 0.4) is 0 Å². The Hall–Kier alpha value is -1.33. The lowest BCUT2D eigenvalue weighted by atomic mass is 10.1. The van der Waals surface area contributed by atoms with Crippen LogP contribution >= 0.6 is 12.4 Å². The van der Waals surface area contributed by atoms with Gasteiger partial charge < -0.3 is 10.2 Å². The van der Waals surface area contributed by atoms with E-state index in [1.165, 1.54) is 12.0 Å². The molecule has 1 amide bonds. The third-order valence-corrected chi connectivity index (χ3v) is 3.01. The predicted molar refractivity (Wildman–Crippen MR) is 78.2 cm³/mol. The number of hydrogen-bond acceptors (Lipinski definition) is 3. The van der Waals surface area contributed by atoms with Crippen LogP contribution < -0.4 is 5.32 Å². The summed E-state index contributed by atoms with van der Waals surface area (Å²) in [5.41, 5.74) is 2.31. The van der Waals surface area contributed by atoms with Crippen LogP contribution in [0.25, 0.3) is 6.08 Å². The minimum absolute atomic E-state index is 0. The summed E-state index contributed by atoms with van der Waals surface area (Å²) in [5.74, 6) is 0.0524. The molecule has 1 aliphatic rings. The van der Waals surface area contributed by atoms with Crippen LogP contribution in [0.1, 0.15) is 18.5 Å². The largest absolute Gasteiger partial charge is 0.347 e. The van der Waals surface area contributed by atoms with Gasteiger partial charge in [-0.15, -0.1) is 12.4 Å². The van der Waals surface area contributed by atoms with E-state index in [0.717, 1.165) is 25.2 Å². The van der Waals surface area contributed by atoms with Crippen LogP contribution in [0.2, 0.25) is 0 Å². The zero-order valence-corrected chi connectivity index (χ0v) is 12.2. The summed E-state index contributed by atoms with van der Waals surface area (Å²) in [6.07, 6.45) is 6.29. The molecule has 0 aromatic carbocycles. The van der Waals surface area contributed by atoms with E-state index in [-0.39, 0.29) is 18.3 Å². The van der Waals surface area contributed by atoms with Gasteiger partial charge in [-0.3, -0.25) is 9.48 Å². The van der Waals surface area contributed by atoms with Crippen molar-refractivity contribution in [1.29, 1.82) is 0 Å². The number of nitrogens with one attached hydrogen (secondary N) is 1. The average molecular weight is 285 g/mol. The quantitative estimate of drug-likeness (QED) is 0.906. The van der Waals surface area contributed by atoms with Gasteiger partial charge in [0, 0.05) is 26.8 Å². The van der Waals surface area contributed by atoms with Crippen molar-refractivity contribution in [3.63, 3.8) is 0 Å². The van der Waals surface area contributed by atoms with Crippen molar-refractivity contribution in [2.75, 3.05) is 27.2 Å². The van der Waals surface area contributed by atoms with Gasteiger partial charge in [-0.1, -0.05) is 5.57 Å². The molecule has 0 radical (unpaired) electrons. The van der Waals surface area contributed by atoms with E-state index in [4.69, 9.17) is 0 Å². The number of piperidine rings is 1. The minimum atomic E-state index is 0. The molecule has 5 nitrogen and oxygen atoms in total. The zero-order valence-electron chi connectivity index (χ0n) is 11.4. The van der Waals surface area contributed by atoms with Crippen LogP contribution in [-0.2, 0) is 11.3 Å². The third-order valence-electron chi connectivity index (χ3n) is 3.01. The number of carbonyl (C=O) groups is 1. The van der Waals surface area contributed by atoms with Gasteiger partial charge in [0.15, 0.2) is 0 Å². The number of nitrogens with zero attached hydrogens (tertiary/aromatic N) is 3. The van der Waals surface area contributed by atoms with Crippen LogP contribution in [-0.4, -0.2) is 47.8 Å². The molecule has 0 spiro atoms. The van der Waals surface area contributed by atoms with Gasteiger partial charge in [0.25, 0.3) is 0 Å². The maximum absolute atomic E-state index is 11.6. The molecule has 106 valence electrons. The van der Waals surface area contributed by atoms with Crippen molar-refractivity contribution in [3.8, 4) is 0 Å². The Bertz CT molecular complexity index is 445. The van der Waals surface area contributed by atoms with Crippen molar-refractivity contribution in [3.05, 3.63) is 23.5 Å². The van der Waals surface area contributed by atoms with Crippen LogP contribution in [0, 0.1) is 0 Å². The standard InChI is InChI=1S/C13H20N4O.ClH/c1-16(2)13(18)10-17-7-5-12(15-17)8-11-4-3-6-14-9-11;/h5,7-8,14H,3-4,6,9-10H2,1-2H3;1H. The molecule has 1 fully saturated rings. The highest BCUT2D eigenvalue weighted by Crippen LogP contribution is 2.12. The summed E-state index contributed by atoms with van der Waals surface area (Å²) >= 11 is 0. The Morgan fingerprint density at radius 1 is 1.58 bits per heavy atom. The van der Waals surface area contributed by atoms with Crippen LogP contribution in [0.5, 0.6) is 0 Å². The highest BCUT2D eigenvalue weighted by molar-refractivity contribution is 5.85. The van der Waals surface area contributed by atoms with E-state index < -0.39 is 0 Å². The molecule has 0 bridgehead atoms. The SMILES string of the molecule is CN(C)C(=O)Cn1ccc(C=C2CCCNC2)n1.Cl. The molecule has 0 atom stereocenters. The lowest BCUT2D eigenvalue weighted by molar-refractivity contribution is -0.129. The summed E-state index contributed by atoms with van der Waals surface area (Å²) in [4.78, 5) is 13.1. The molecule has 1 aliphatic heterocycles. The molecular weight excluding hydrogens is 264 g/mol. The molecule has 6 heteroatoms. The van der Waals surface area contributed by atoms with E-state index in [9.17, 15) is 4.79 Å². The van der Waals surface area contributed by atoms with Gasteiger partial charge in [-0.25, -0.2) is 0 Å². The van der Waals surface area contributed by atoms with E-state index >= 15 is 0 Å². The first kappa shape index (κ1) is 15.7. The summed E-state index contributed by atoms with van der Waals surface area (Å²) in [6, 6.07) is 1.95. The molecule has 2 rings (SSSR count). The average Bonchev–Trinajstić information content (AvgIpc) is 2.77. The normalized spacial score (nSPS) is 17.1. The van der Waals surface area contributed by atoms with Crippen molar-refractivity contribution in [2.24, 2.45) is 0 Å². The fourth-order valence-corrected chi connectivity index (χ4v) is 1.93. The number of halogens is 1. The zero-order chi connectivity index (χ0) is 13.0. The maximum atomic E-state index is 11.6. The van der Waals surface area contributed by atoms with Crippen LogP contribution in [0.4, 0.5) is 0 Å². The number of carbonyl (C=O) groups excluding carboxylic acids is 1. The monoisotopic (exact) mass is 284 g/mol. The topological polar surface area (TPSA) is 50.2 Å². The smallest absolute Gasteiger partial charge is 0.243 e. The lowest BCUT2D eigenvalue weighted by Crippen LogP contribution is -2.26. The highest BCUT2D eigenvalue weighted by atomic mass is 35.5. The number of likely N-dealkylation sites (N-methyl/N-ethyl adjacent to an activating group) is 1. The molecule has 0 aliphatic carbocycles. The molecule has 0 unspecified atom stereocenters. The van der Waals surface area contributed by atoms with Gasteiger partial charge >= 0.3 is 0 Å². The second-order valence-corrected chi connectivity index (χ2v) is 4.81.